The number of methoxy groups -OCH3 is 1. The highest BCUT2D eigenvalue weighted by Gasteiger charge is 2.21. The summed E-state index contributed by atoms with van der Waals surface area (Å²) in [5.41, 5.74) is 1.46. The molecule has 2 atom stereocenters. The minimum Gasteiger partial charge on any atom is -0.383 e. The molecular weight excluding hydrogens is 198 g/mol. The molecule has 0 saturated carbocycles. The second-order valence-electron chi connectivity index (χ2n) is 4.69. The predicted molar refractivity (Wildman–Crippen MR) is 66.5 cm³/mol. The highest BCUT2D eigenvalue weighted by atomic mass is 16.5. The Kier molecular flexibility index (Phi) is 4.37. The zero-order valence-electron chi connectivity index (χ0n) is 9.99. The maximum absolute atomic E-state index is 5.22. The van der Waals surface area contributed by atoms with Crippen molar-refractivity contribution >= 4 is 0 Å². The Labute approximate surface area is 98.0 Å². The Morgan fingerprint density at radius 2 is 2.12 bits per heavy atom. The lowest BCUT2D eigenvalue weighted by Gasteiger charge is -2.30. The molecule has 1 fully saturated rings. The van der Waals surface area contributed by atoms with Crippen molar-refractivity contribution in [2.24, 2.45) is 5.92 Å². The van der Waals surface area contributed by atoms with E-state index in [2.05, 4.69) is 35.6 Å². The fourth-order valence-electron chi connectivity index (χ4n) is 2.56. The maximum Gasteiger partial charge on any atom is 0.0615 e. The number of benzene rings is 1. The Morgan fingerprint density at radius 3 is 2.88 bits per heavy atom. The van der Waals surface area contributed by atoms with E-state index in [1.54, 1.807) is 7.11 Å². The van der Waals surface area contributed by atoms with E-state index in [1.165, 1.54) is 24.8 Å². The normalized spacial score (nSPS) is 25.6. The maximum atomic E-state index is 5.22. The molecule has 0 radical (unpaired) electrons. The fraction of sp³-hybridized carbons (Fsp3) is 0.571. The molecule has 16 heavy (non-hydrogen) atoms. The number of piperidine rings is 1. The number of hydrogen-bond donors (Lipinski definition) is 1. The topological polar surface area (TPSA) is 21.3 Å². The first-order chi connectivity index (χ1) is 7.88. The number of hydrogen-bond acceptors (Lipinski definition) is 2. The van der Waals surface area contributed by atoms with E-state index in [9.17, 15) is 0 Å². The molecule has 2 rings (SSSR count). The zero-order chi connectivity index (χ0) is 11.2. The third-order valence-electron chi connectivity index (χ3n) is 3.34. The van der Waals surface area contributed by atoms with E-state index in [1.807, 2.05) is 0 Å². The predicted octanol–water partition coefficient (Wildman–Crippen LogP) is 2.24. The standard InChI is InChI=1S/C14H21NO/c1-16-11-14-10-13(7-8-15-14)9-12-5-3-2-4-6-12/h2-6,13-15H,7-11H2,1H3. The average Bonchev–Trinajstić information content (AvgIpc) is 2.31. The van der Waals surface area contributed by atoms with Crippen LogP contribution in [0, 0.1) is 5.92 Å². The van der Waals surface area contributed by atoms with E-state index >= 15 is 0 Å². The first-order valence-electron chi connectivity index (χ1n) is 6.14. The van der Waals surface area contributed by atoms with Crippen LogP contribution in [0.5, 0.6) is 0 Å². The third kappa shape index (κ3) is 3.32. The summed E-state index contributed by atoms with van der Waals surface area (Å²) < 4.78 is 5.22. The highest BCUT2D eigenvalue weighted by molar-refractivity contribution is 5.15. The van der Waals surface area contributed by atoms with E-state index < -0.39 is 0 Å². The van der Waals surface area contributed by atoms with Crippen LogP contribution < -0.4 is 5.32 Å². The minimum absolute atomic E-state index is 0.549. The van der Waals surface area contributed by atoms with Gasteiger partial charge in [0.25, 0.3) is 0 Å². The summed E-state index contributed by atoms with van der Waals surface area (Å²) in [6.07, 6.45) is 3.74. The molecule has 0 spiro atoms. The van der Waals surface area contributed by atoms with Crippen molar-refractivity contribution in [2.75, 3.05) is 20.3 Å². The summed E-state index contributed by atoms with van der Waals surface area (Å²) in [6.45, 7) is 1.97. The van der Waals surface area contributed by atoms with Crippen LogP contribution in [-0.4, -0.2) is 26.3 Å². The Bertz CT molecular complexity index is 297. The van der Waals surface area contributed by atoms with E-state index in [-0.39, 0.29) is 0 Å². The van der Waals surface area contributed by atoms with Gasteiger partial charge in [0.15, 0.2) is 0 Å². The first kappa shape index (κ1) is 11.6. The lowest BCUT2D eigenvalue weighted by atomic mass is 9.87. The van der Waals surface area contributed by atoms with Crippen LogP contribution in [-0.2, 0) is 11.2 Å². The zero-order valence-corrected chi connectivity index (χ0v) is 9.99. The average molecular weight is 219 g/mol. The Morgan fingerprint density at radius 1 is 1.31 bits per heavy atom. The second-order valence-corrected chi connectivity index (χ2v) is 4.69. The van der Waals surface area contributed by atoms with Gasteiger partial charge in [0.1, 0.15) is 0 Å². The molecular formula is C14H21NO. The summed E-state index contributed by atoms with van der Waals surface area (Å²) in [5.74, 6) is 0.809. The van der Waals surface area contributed by atoms with Crippen LogP contribution in [0.25, 0.3) is 0 Å². The molecule has 1 N–H and O–H groups in total. The Hall–Kier alpha value is -0.860. The molecule has 1 aliphatic heterocycles. The van der Waals surface area contributed by atoms with Gasteiger partial charge in [-0.3, -0.25) is 0 Å². The molecule has 1 saturated heterocycles. The van der Waals surface area contributed by atoms with E-state index in [0.29, 0.717) is 6.04 Å². The quantitative estimate of drug-likeness (QED) is 0.838. The van der Waals surface area contributed by atoms with Crippen LogP contribution >= 0.6 is 0 Å². The van der Waals surface area contributed by atoms with Gasteiger partial charge in [-0.1, -0.05) is 30.3 Å². The smallest absolute Gasteiger partial charge is 0.0615 e. The molecule has 2 unspecified atom stereocenters. The molecule has 1 heterocycles. The van der Waals surface area contributed by atoms with Gasteiger partial charge in [-0.05, 0) is 37.3 Å². The highest BCUT2D eigenvalue weighted by Crippen LogP contribution is 2.21. The summed E-state index contributed by atoms with van der Waals surface area (Å²) in [4.78, 5) is 0. The van der Waals surface area contributed by atoms with Gasteiger partial charge in [-0.2, -0.15) is 0 Å². The van der Waals surface area contributed by atoms with Crippen molar-refractivity contribution in [1.29, 1.82) is 0 Å². The van der Waals surface area contributed by atoms with Crippen LogP contribution in [0.15, 0.2) is 30.3 Å². The van der Waals surface area contributed by atoms with Gasteiger partial charge < -0.3 is 10.1 Å². The van der Waals surface area contributed by atoms with Gasteiger partial charge in [0.2, 0.25) is 0 Å². The van der Waals surface area contributed by atoms with Crippen molar-refractivity contribution < 1.29 is 4.74 Å². The summed E-state index contributed by atoms with van der Waals surface area (Å²) in [7, 11) is 1.78. The van der Waals surface area contributed by atoms with Crippen LogP contribution in [0.4, 0.5) is 0 Å². The third-order valence-corrected chi connectivity index (χ3v) is 3.34. The second kappa shape index (κ2) is 6.02. The van der Waals surface area contributed by atoms with Gasteiger partial charge in [0, 0.05) is 13.2 Å². The number of nitrogens with one attached hydrogen (secondary N) is 1. The van der Waals surface area contributed by atoms with Gasteiger partial charge >= 0.3 is 0 Å². The van der Waals surface area contributed by atoms with Crippen LogP contribution in [0.2, 0.25) is 0 Å². The Balaban J connectivity index is 1.85. The number of rotatable bonds is 4. The lowest BCUT2D eigenvalue weighted by molar-refractivity contribution is 0.139. The molecule has 0 aromatic heterocycles. The molecule has 2 heteroatoms. The van der Waals surface area contributed by atoms with Crippen molar-refractivity contribution in [3.63, 3.8) is 0 Å². The molecule has 0 aliphatic carbocycles. The SMILES string of the molecule is COCC1CC(Cc2ccccc2)CCN1. The van der Waals surface area contributed by atoms with Crippen molar-refractivity contribution in [1.82, 2.24) is 5.32 Å². The van der Waals surface area contributed by atoms with E-state index in [4.69, 9.17) is 4.74 Å². The molecule has 1 aromatic rings. The van der Waals surface area contributed by atoms with Gasteiger partial charge in [-0.25, -0.2) is 0 Å². The number of ether oxygens (including phenoxy) is 1. The van der Waals surface area contributed by atoms with Crippen LogP contribution in [0.3, 0.4) is 0 Å². The van der Waals surface area contributed by atoms with Gasteiger partial charge in [0.05, 0.1) is 6.61 Å². The molecule has 88 valence electrons. The largest absolute Gasteiger partial charge is 0.383 e. The van der Waals surface area contributed by atoms with Crippen LogP contribution in [0.1, 0.15) is 18.4 Å². The van der Waals surface area contributed by atoms with Crippen molar-refractivity contribution in [2.45, 2.75) is 25.3 Å². The van der Waals surface area contributed by atoms with Crippen molar-refractivity contribution in [3.8, 4) is 0 Å². The summed E-state index contributed by atoms with van der Waals surface area (Å²) in [6, 6.07) is 11.3. The molecule has 1 aromatic carbocycles. The van der Waals surface area contributed by atoms with E-state index in [0.717, 1.165) is 19.1 Å². The minimum atomic E-state index is 0.549. The first-order valence-corrected chi connectivity index (χ1v) is 6.14. The van der Waals surface area contributed by atoms with Gasteiger partial charge in [-0.15, -0.1) is 0 Å². The molecule has 0 amide bonds. The monoisotopic (exact) mass is 219 g/mol. The summed E-state index contributed by atoms with van der Waals surface area (Å²) in [5, 5.41) is 3.51. The molecule has 0 bridgehead atoms. The molecule has 2 nitrogen and oxygen atoms in total. The fourth-order valence-corrected chi connectivity index (χ4v) is 2.56. The molecule has 1 aliphatic rings. The summed E-state index contributed by atoms with van der Waals surface area (Å²) >= 11 is 0. The lowest BCUT2D eigenvalue weighted by Crippen LogP contribution is -2.41. The van der Waals surface area contributed by atoms with Crippen molar-refractivity contribution in [3.05, 3.63) is 35.9 Å².